The lowest BCUT2D eigenvalue weighted by molar-refractivity contribution is 0.595. The second-order valence-electron chi connectivity index (χ2n) is 2.95. The van der Waals surface area contributed by atoms with Crippen LogP contribution in [0.15, 0.2) is 22.7 Å². The van der Waals surface area contributed by atoms with E-state index >= 15 is 0 Å². The number of rotatable bonds is 3. The summed E-state index contributed by atoms with van der Waals surface area (Å²) in [5.74, 6) is 0. The van der Waals surface area contributed by atoms with Crippen molar-refractivity contribution in [2.24, 2.45) is 0 Å². The van der Waals surface area contributed by atoms with Crippen LogP contribution in [-0.4, -0.2) is 6.54 Å². The molecule has 1 N–H and O–H groups in total. The fourth-order valence-corrected chi connectivity index (χ4v) is 2.44. The van der Waals surface area contributed by atoms with Crippen LogP contribution >= 0.6 is 38.5 Å². The van der Waals surface area contributed by atoms with Crippen molar-refractivity contribution in [3.63, 3.8) is 0 Å². The summed E-state index contributed by atoms with van der Waals surface area (Å²) < 4.78 is 2.46. The Morgan fingerprint density at radius 1 is 1.54 bits per heavy atom. The average molecular weight is 354 g/mol. The highest BCUT2D eigenvalue weighted by molar-refractivity contribution is 14.1. The van der Waals surface area contributed by atoms with Crippen molar-refractivity contribution < 1.29 is 0 Å². The summed E-state index contributed by atoms with van der Waals surface area (Å²) >= 11 is 5.86. The van der Waals surface area contributed by atoms with E-state index in [1.54, 1.807) is 0 Å². The second-order valence-corrected chi connectivity index (χ2v) is 5.02. The van der Waals surface area contributed by atoms with Crippen LogP contribution in [0.4, 0.5) is 0 Å². The van der Waals surface area contributed by atoms with E-state index in [1.165, 1.54) is 9.13 Å². The molecule has 0 saturated heterocycles. The van der Waals surface area contributed by atoms with Gasteiger partial charge in [-0.15, -0.1) is 0 Å². The fourth-order valence-electron chi connectivity index (χ4n) is 1.26. The molecule has 0 spiro atoms. The lowest BCUT2D eigenvalue weighted by Crippen LogP contribution is -2.18. The molecule has 1 rings (SSSR count). The van der Waals surface area contributed by atoms with Crippen LogP contribution in [0, 0.1) is 3.57 Å². The third-order valence-corrected chi connectivity index (χ3v) is 3.41. The van der Waals surface area contributed by atoms with Gasteiger partial charge in [-0.1, -0.05) is 22.9 Å². The first kappa shape index (κ1) is 11.5. The van der Waals surface area contributed by atoms with Crippen molar-refractivity contribution in [3.8, 4) is 0 Å². The summed E-state index contributed by atoms with van der Waals surface area (Å²) in [6.45, 7) is 5.32. The van der Waals surface area contributed by atoms with Gasteiger partial charge in [0.25, 0.3) is 0 Å². The van der Waals surface area contributed by atoms with Gasteiger partial charge in [-0.05, 0) is 59.8 Å². The monoisotopic (exact) mass is 353 g/mol. The van der Waals surface area contributed by atoms with Crippen molar-refractivity contribution in [1.29, 1.82) is 0 Å². The summed E-state index contributed by atoms with van der Waals surface area (Å²) in [4.78, 5) is 0. The van der Waals surface area contributed by atoms with Crippen LogP contribution in [0.25, 0.3) is 0 Å². The van der Waals surface area contributed by atoms with Gasteiger partial charge < -0.3 is 5.32 Å². The molecule has 0 bridgehead atoms. The standard InChI is InChI=1S/C10H13BrIN/c1-3-13-7(2)9-6-8(11)4-5-10(9)12/h4-7,13H,3H2,1-2H3. The van der Waals surface area contributed by atoms with Crippen molar-refractivity contribution in [1.82, 2.24) is 5.32 Å². The molecule has 0 saturated carbocycles. The maximum Gasteiger partial charge on any atom is 0.0302 e. The lowest BCUT2D eigenvalue weighted by Gasteiger charge is -2.14. The van der Waals surface area contributed by atoms with E-state index in [0.29, 0.717) is 6.04 Å². The first-order valence-electron chi connectivity index (χ1n) is 4.33. The molecule has 0 aliphatic carbocycles. The second kappa shape index (κ2) is 5.32. The van der Waals surface area contributed by atoms with E-state index in [9.17, 15) is 0 Å². The molecule has 1 aromatic carbocycles. The molecule has 0 aliphatic heterocycles. The first-order chi connectivity index (χ1) is 6.15. The molecule has 72 valence electrons. The van der Waals surface area contributed by atoms with Gasteiger partial charge in [0.15, 0.2) is 0 Å². The lowest BCUT2D eigenvalue weighted by atomic mass is 10.1. The van der Waals surface area contributed by atoms with E-state index in [0.717, 1.165) is 11.0 Å². The van der Waals surface area contributed by atoms with Crippen molar-refractivity contribution in [3.05, 3.63) is 31.8 Å². The van der Waals surface area contributed by atoms with E-state index in [1.807, 2.05) is 0 Å². The van der Waals surface area contributed by atoms with Crippen LogP contribution in [0.1, 0.15) is 25.5 Å². The molecule has 0 aromatic heterocycles. The van der Waals surface area contributed by atoms with Gasteiger partial charge >= 0.3 is 0 Å². The van der Waals surface area contributed by atoms with Gasteiger partial charge in [-0.3, -0.25) is 0 Å². The molecule has 1 aromatic rings. The molecule has 0 radical (unpaired) electrons. The molecule has 1 unspecified atom stereocenters. The number of nitrogens with one attached hydrogen (secondary N) is 1. The number of halogens is 2. The van der Waals surface area contributed by atoms with Gasteiger partial charge in [-0.2, -0.15) is 0 Å². The molecule has 0 aliphatic rings. The highest BCUT2D eigenvalue weighted by Gasteiger charge is 2.07. The molecule has 1 nitrogen and oxygen atoms in total. The highest BCUT2D eigenvalue weighted by Crippen LogP contribution is 2.23. The summed E-state index contributed by atoms with van der Waals surface area (Å²) in [6, 6.07) is 6.81. The predicted octanol–water partition coefficient (Wildman–Crippen LogP) is 3.72. The van der Waals surface area contributed by atoms with E-state index in [4.69, 9.17) is 0 Å². The maximum atomic E-state index is 3.48. The van der Waals surface area contributed by atoms with Crippen LogP contribution in [0.2, 0.25) is 0 Å². The molecule has 0 fully saturated rings. The topological polar surface area (TPSA) is 12.0 Å². The SMILES string of the molecule is CCNC(C)c1cc(Br)ccc1I. The molecular weight excluding hydrogens is 341 g/mol. The van der Waals surface area contributed by atoms with Crippen LogP contribution in [-0.2, 0) is 0 Å². The van der Waals surface area contributed by atoms with Crippen molar-refractivity contribution in [2.75, 3.05) is 6.54 Å². The minimum Gasteiger partial charge on any atom is -0.310 e. The highest BCUT2D eigenvalue weighted by atomic mass is 127. The normalized spacial score (nSPS) is 12.9. The predicted molar refractivity (Wildman–Crippen MR) is 69.0 cm³/mol. The number of benzene rings is 1. The Morgan fingerprint density at radius 3 is 2.85 bits per heavy atom. The van der Waals surface area contributed by atoms with Crippen LogP contribution in [0.3, 0.4) is 0 Å². The number of hydrogen-bond acceptors (Lipinski definition) is 1. The summed E-state index contributed by atoms with van der Waals surface area (Å²) in [7, 11) is 0. The third-order valence-electron chi connectivity index (χ3n) is 1.93. The fraction of sp³-hybridized carbons (Fsp3) is 0.400. The van der Waals surface area contributed by atoms with Gasteiger partial charge in [0, 0.05) is 14.1 Å². The zero-order valence-electron chi connectivity index (χ0n) is 7.77. The van der Waals surface area contributed by atoms with Crippen molar-refractivity contribution >= 4 is 38.5 Å². The summed E-state index contributed by atoms with van der Waals surface area (Å²) in [5, 5.41) is 3.40. The molecule has 1 atom stereocenters. The van der Waals surface area contributed by atoms with E-state index in [2.05, 4.69) is 75.9 Å². The number of hydrogen-bond donors (Lipinski definition) is 1. The Labute approximate surface area is 102 Å². The Balaban J connectivity index is 2.91. The van der Waals surface area contributed by atoms with Crippen LogP contribution in [0.5, 0.6) is 0 Å². The first-order valence-corrected chi connectivity index (χ1v) is 6.20. The maximum absolute atomic E-state index is 3.48. The zero-order chi connectivity index (χ0) is 9.84. The van der Waals surface area contributed by atoms with Gasteiger partial charge in [0.2, 0.25) is 0 Å². The largest absolute Gasteiger partial charge is 0.310 e. The minimum atomic E-state index is 0.425. The summed E-state index contributed by atoms with van der Waals surface area (Å²) in [5.41, 5.74) is 1.36. The Hall–Kier alpha value is 0.390. The Bertz CT molecular complexity index is 288. The zero-order valence-corrected chi connectivity index (χ0v) is 11.5. The Kier molecular flexibility index (Phi) is 4.69. The van der Waals surface area contributed by atoms with Gasteiger partial charge in [0.1, 0.15) is 0 Å². The summed E-state index contributed by atoms with van der Waals surface area (Å²) in [6.07, 6.45) is 0. The van der Waals surface area contributed by atoms with Gasteiger partial charge in [-0.25, -0.2) is 0 Å². The van der Waals surface area contributed by atoms with E-state index in [-0.39, 0.29) is 0 Å². The molecule has 0 amide bonds. The average Bonchev–Trinajstić information content (AvgIpc) is 2.09. The van der Waals surface area contributed by atoms with Crippen LogP contribution < -0.4 is 5.32 Å². The molecule has 0 heterocycles. The smallest absolute Gasteiger partial charge is 0.0302 e. The molecular formula is C10H13BrIN. The van der Waals surface area contributed by atoms with E-state index < -0.39 is 0 Å². The minimum absolute atomic E-state index is 0.425. The molecule has 3 heteroatoms. The van der Waals surface area contributed by atoms with Crippen molar-refractivity contribution in [2.45, 2.75) is 19.9 Å². The Morgan fingerprint density at radius 2 is 2.23 bits per heavy atom. The van der Waals surface area contributed by atoms with Gasteiger partial charge in [0.05, 0.1) is 0 Å². The quantitative estimate of drug-likeness (QED) is 0.816. The molecule has 13 heavy (non-hydrogen) atoms. The third kappa shape index (κ3) is 3.22.